The molecule has 0 amide bonds. The molecule has 1 aromatic rings. The lowest BCUT2D eigenvalue weighted by molar-refractivity contribution is -0.384. The van der Waals surface area contributed by atoms with Gasteiger partial charge in [-0.25, -0.2) is 0 Å². The smallest absolute Gasteiger partial charge is 0.269 e. The minimum Gasteiger partial charge on any atom is -0.381 e. The topological polar surface area (TPSA) is 55.6 Å². The number of benzene rings is 1. The Hall–Kier alpha value is -1.62. The van der Waals surface area contributed by atoms with Crippen molar-refractivity contribution in [2.75, 3.05) is 24.7 Å². The number of ether oxygens (including phenoxy) is 1. The van der Waals surface area contributed by atoms with Crippen molar-refractivity contribution in [1.82, 2.24) is 0 Å². The number of hydrogen-bond acceptors (Lipinski definition) is 4. The molecule has 0 bridgehead atoms. The number of nitrogens with zero attached hydrogens (tertiary/aromatic N) is 2. The first-order valence-electron chi connectivity index (χ1n) is 8.28. The van der Waals surface area contributed by atoms with Crippen LogP contribution in [0, 0.1) is 21.4 Å². The molecule has 1 aromatic carbocycles. The summed E-state index contributed by atoms with van der Waals surface area (Å²) >= 11 is 0. The molecule has 0 unspecified atom stereocenters. The zero-order valence-corrected chi connectivity index (χ0v) is 12.7. The van der Waals surface area contributed by atoms with Gasteiger partial charge in [0.05, 0.1) is 4.92 Å². The predicted octanol–water partition coefficient (Wildman–Crippen LogP) is 3.38. The van der Waals surface area contributed by atoms with E-state index in [4.69, 9.17) is 4.74 Å². The Morgan fingerprint density at radius 3 is 2.59 bits per heavy atom. The Balaban J connectivity index is 1.63. The van der Waals surface area contributed by atoms with E-state index in [1.54, 1.807) is 12.1 Å². The van der Waals surface area contributed by atoms with Crippen molar-refractivity contribution in [3.63, 3.8) is 0 Å². The molecule has 2 atom stereocenters. The number of anilines is 1. The molecule has 22 heavy (non-hydrogen) atoms. The van der Waals surface area contributed by atoms with E-state index in [2.05, 4.69) is 4.90 Å². The fourth-order valence-electron chi connectivity index (χ4n) is 4.96. The molecule has 0 radical (unpaired) electrons. The van der Waals surface area contributed by atoms with E-state index in [1.165, 1.54) is 19.3 Å². The first-order chi connectivity index (χ1) is 10.7. The van der Waals surface area contributed by atoms with Crippen molar-refractivity contribution >= 4 is 11.4 Å². The van der Waals surface area contributed by atoms with E-state index in [-0.39, 0.29) is 10.6 Å². The highest BCUT2D eigenvalue weighted by molar-refractivity contribution is 5.53. The Bertz CT molecular complexity index is 566. The predicted molar refractivity (Wildman–Crippen MR) is 84.1 cm³/mol. The monoisotopic (exact) mass is 302 g/mol. The SMILES string of the molecule is O=[N+]([O-])c1ccc(N2CC3(CCOCC3)[C@@H]3CCC[C@@H]32)cc1. The number of nitro benzene ring substituents is 1. The lowest BCUT2D eigenvalue weighted by Crippen LogP contribution is -2.36. The summed E-state index contributed by atoms with van der Waals surface area (Å²) in [6.07, 6.45) is 6.22. The van der Waals surface area contributed by atoms with E-state index in [1.807, 2.05) is 12.1 Å². The second-order valence-corrected chi connectivity index (χ2v) is 6.98. The van der Waals surface area contributed by atoms with Crippen molar-refractivity contribution in [1.29, 1.82) is 0 Å². The third-order valence-corrected chi connectivity index (χ3v) is 6.03. The van der Waals surface area contributed by atoms with E-state index >= 15 is 0 Å². The molecule has 2 aliphatic heterocycles. The highest BCUT2D eigenvalue weighted by Gasteiger charge is 2.54. The fourth-order valence-corrected chi connectivity index (χ4v) is 4.96. The second kappa shape index (κ2) is 5.23. The van der Waals surface area contributed by atoms with Gasteiger partial charge in [-0.3, -0.25) is 10.1 Å². The number of fused-ring (bicyclic) bond motifs is 2. The van der Waals surface area contributed by atoms with E-state index in [9.17, 15) is 10.1 Å². The van der Waals surface area contributed by atoms with Gasteiger partial charge < -0.3 is 9.64 Å². The third kappa shape index (κ3) is 2.10. The molecule has 1 aliphatic carbocycles. The first kappa shape index (κ1) is 14.0. The zero-order chi connectivity index (χ0) is 15.2. The van der Waals surface area contributed by atoms with Crippen LogP contribution < -0.4 is 4.90 Å². The third-order valence-electron chi connectivity index (χ3n) is 6.03. The van der Waals surface area contributed by atoms with Gasteiger partial charge in [0, 0.05) is 43.6 Å². The second-order valence-electron chi connectivity index (χ2n) is 6.98. The molecular formula is C17H22N2O3. The van der Waals surface area contributed by atoms with E-state index in [0.29, 0.717) is 11.5 Å². The Morgan fingerprint density at radius 1 is 1.18 bits per heavy atom. The van der Waals surface area contributed by atoms with Crippen LogP contribution in [-0.2, 0) is 4.74 Å². The first-order valence-corrected chi connectivity index (χ1v) is 8.28. The van der Waals surface area contributed by atoms with Crippen molar-refractivity contribution in [2.45, 2.75) is 38.1 Å². The molecule has 3 aliphatic rings. The molecule has 1 spiro atoms. The highest BCUT2D eigenvalue weighted by Crippen LogP contribution is 2.54. The minimum atomic E-state index is -0.327. The van der Waals surface area contributed by atoms with Gasteiger partial charge >= 0.3 is 0 Å². The molecule has 1 saturated carbocycles. The average molecular weight is 302 g/mol. The Kier molecular flexibility index (Phi) is 3.33. The van der Waals surface area contributed by atoms with Crippen LogP contribution in [0.3, 0.4) is 0 Å². The quantitative estimate of drug-likeness (QED) is 0.621. The average Bonchev–Trinajstić information content (AvgIpc) is 3.12. The van der Waals surface area contributed by atoms with Crippen molar-refractivity contribution in [3.05, 3.63) is 34.4 Å². The summed E-state index contributed by atoms with van der Waals surface area (Å²) in [6, 6.07) is 7.72. The van der Waals surface area contributed by atoms with Crippen LogP contribution in [0.5, 0.6) is 0 Å². The molecule has 5 heteroatoms. The van der Waals surface area contributed by atoms with Gasteiger partial charge in [0.15, 0.2) is 0 Å². The molecule has 0 N–H and O–H groups in total. The minimum absolute atomic E-state index is 0.173. The summed E-state index contributed by atoms with van der Waals surface area (Å²) in [5, 5.41) is 10.8. The van der Waals surface area contributed by atoms with Gasteiger partial charge in [-0.1, -0.05) is 6.42 Å². The molecular weight excluding hydrogens is 280 g/mol. The van der Waals surface area contributed by atoms with Crippen LogP contribution in [0.15, 0.2) is 24.3 Å². The Morgan fingerprint density at radius 2 is 1.91 bits per heavy atom. The summed E-state index contributed by atoms with van der Waals surface area (Å²) < 4.78 is 5.59. The van der Waals surface area contributed by atoms with Crippen molar-refractivity contribution in [3.8, 4) is 0 Å². The molecule has 2 saturated heterocycles. The molecule has 3 fully saturated rings. The number of rotatable bonds is 2. The number of nitro groups is 1. The van der Waals surface area contributed by atoms with E-state index in [0.717, 1.165) is 44.2 Å². The van der Waals surface area contributed by atoms with Crippen LogP contribution in [0.25, 0.3) is 0 Å². The number of non-ortho nitro benzene ring substituents is 1. The van der Waals surface area contributed by atoms with Crippen LogP contribution in [0.4, 0.5) is 11.4 Å². The molecule has 2 heterocycles. The molecule has 4 rings (SSSR count). The normalized spacial score (nSPS) is 29.7. The largest absolute Gasteiger partial charge is 0.381 e. The van der Waals surface area contributed by atoms with Gasteiger partial charge in [0.1, 0.15) is 0 Å². The maximum atomic E-state index is 10.8. The van der Waals surface area contributed by atoms with Gasteiger partial charge in [0.2, 0.25) is 0 Å². The van der Waals surface area contributed by atoms with Gasteiger partial charge in [-0.15, -0.1) is 0 Å². The van der Waals surface area contributed by atoms with Gasteiger partial charge in [0.25, 0.3) is 5.69 Å². The molecule has 0 aromatic heterocycles. The van der Waals surface area contributed by atoms with Gasteiger partial charge in [-0.05, 0) is 49.1 Å². The summed E-state index contributed by atoms with van der Waals surface area (Å²) in [5.74, 6) is 0.770. The van der Waals surface area contributed by atoms with Gasteiger partial charge in [-0.2, -0.15) is 0 Å². The number of hydrogen-bond donors (Lipinski definition) is 0. The summed E-state index contributed by atoms with van der Waals surface area (Å²) in [6.45, 7) is 2.86. The van der Waals surface area contributed by atoms with Crippen molar-refractivity contribution < 1.29 is 9.66 Å². The fraction of sp³-hybridized carbons (Fsp3) is 0.647. The van der Waals surface area contributed by atoms with Crippen LogP contribution in [0.2, 0.25) is 0 Å². The lowest BCUT2D eigenvalue weighted by atomic mass is 9.71. The standard InChI is InChI=1S/C17H22N2O3/c20-19(21)14-6-4-13(5-7-14)18-12-17(8-10-22-11-9-17)15-2-1-3-16(15)18/h4-7,15-16H,1-3,8-12H2/t15-,16+/m1/s1. The molecule has 5 nitrogen and oxygen atoms in total. The lowest BCUT2D eigenvalue weighted by Gasteiger charge is -2.37. The van der Waals surface area contributed by atoms with Crippen LogP contribution >= 0.6 is 0 Å². The molecule has 118 valence electrons. The van der Waals surface area contributed by atoms with Crippen molar-refractivity contribution in [2.24, 2.45) is 11.3 Å². The summed E-state index contributed by atoms with van der Waals surface area (Å²) in [7, 11) is 0. The highest BCUT2D eigenvalue weighted by atomic mass is 16.6. The zero-order valence-electron chi connectivity index (χ0n) is 12.7. The summed E-state index contributed by atoms with van der Waals surface area (Å²) in [4.78, 5) is 13.0. The maximum absolute atomic E-state index is 10.8. The Labute approximate surface area is 130 Å². The van der Waals surface area contributed by atoms with Crippen LogP contribution in [-0.4, -0.2) is 30.7 Å². The summed E-state index contributed by atoms with van der Waals surface area (Å²) in [5.41, 5.74) is 1.72. The maximum Gasteiger partial charge on any atom is 0.269 e. The van der Waals surface area contributed by atoms with Crippen LogP contribution in [0.1, 0.15) is 32.1 Å². The van der Waals surface area contributed by atoms with E-state index < -0.39 is 0 Å².